The predicted octanol–water partition coefficient (Wildman–Crippen LogP) is 1.07. The molecule has 0 spiro atoms. The van der Waals surface area contributed by atoms with E-state index in [-0.39, 0.29) is 17.9 Å². The summed E-state index contributed by atoms with van der Waals surface area (Å²) in [6.07, 6.45) is 6.36. The van der Waals surface area contributed by atoms with Crippen LogP contribution in [0.5, 0.6) is 0 Å². The summed E-state index contributed by atoms with van der Waals surface area (Å²) in [6.45, 7) is 2.73. The summed E-state index contributed by atoms with van der Waals surface area (Å²) in [7, 11) is 0. The lowest BCUT2D eigenvalue weighted by molar-refractivity contribution is -0.123. The van der Waals surface area contributed by atoms with Crippen LogP contribution in [-0.4, -0.2) is 30.4 Å². The van der Waals surface area contributed by atoms with Crippen LogP contribution in [0.1, 0.15) is 58.3 Å². The summed E-state index contributed by atoms with van der Waals surface area (Å²) in [5.74, 6) is 0.0991. The van der Waals surface area contributed by atoms with Crippen molar-refractivity contribution in [2.75, 3.05) is 6.54 Å². The lowest BCUT2D eigenvalue weighted by atomic mass is 9.92. The molecule has 1 aliphatic rings. The van der Waals surface area contributed by atoms with Crippen molar-refractivity contribution in [3.05, 3.63) is 0 Å². The highest BCUT2D eigenvalue weighted by atomic mass is 16.2. The maximum absolute atomic E-state index is 11.7. The van der Waals surface area contributed by atoms with Crippen molar-refractivity contribution in [2.45, 2.75) is 70.4 Å². The maximum Gasteiger partial charge on any atom is 0.220 e. The minimum absolute atomic E-state index is 0.0401. The lowest BCUT2D eigenvalue weighted by Crippen LogP contribution is -2.40. The highest BCUT2D eigenvalue weighted by Crippen LogP contribution is 2.17. The van der Waals surface area contributed by atoms with E-state index in [1.54, 1.807) is 0 Å². The second kappa shape index (κ2) is 8.91. The largest absolute Gasteiger partial charge is 0.356 e. The van der Waals surface area contributed by atoms with Crippen molar-refractivity contribution in [3.8, 4) is 0 Å². The van der Waals surface area contributed by atoms with E-state index in [4.69, 9.17) is 5.73 Å². The van der Waals surface area contributed by atoms with Crippen LogP contribution in [-0.2, 0) is 9.59 Å². The molecule has 0 unspecified atom stereocenters. The fourth-order valence-corrected chi connectivity index (χ4v) is 2.33. The highest BCUT2D eigenvalue weighted by molar-refractivity contribution is 5.78. The Kier molecular flexibility index (Phi) is 7.48. The number of nitrogens with one attached hydrogen (secondary N) is 2. The van der Waals surface area contributed by atoms with Crippen LogP contribution >= 0.6 is 0 Å². The van der Waals surface area contributed by atoms with Crippen LogP contribution in [0, 0.1) is 0 Å². The molecule has 0 heterocycles. The van der Waals surface area contributed by atoms with Gasteiger partial charge in [0.2, 0.25) is 11.8 Å². The molecular formula is C14H27N3O2. The third-order valence-corrected chi connectivity index (χ3v) is 3.52. The molecule has 5 heteroatoms. The van der Waals surface area contributed by atoms with Crippen molar-refractivity contribution >= 4 is 11.8 Å². The van der Waals surface area contributed by atoms with Gasteiger partial charge < -0.3 is 16.4 Å². The van der Waals surface area contributed by atoms with Crippen molar-refractivity contribution in [1.82, 2.24) is 10.6 Å². The summed E-state index contributed by atoms with van der Waals surface area (Å²) in [5.41, 5.74) is 5.82. The van der Waals surface area contributed by atoms with E-state index in [1.165, 1.54) is 0 Å². The Morgan fingerprint density at radius 1 is 1.11 bits per heavy atom. The summed E-state index contributed by atoms with van der Waals surface area (Å²) >= 11 is 0. The summed E-state index contributed by atoms with van der Waals surface area (Å²) < 4.78 is 0. The fraction of sp³-hybridized carbons (Fsp3) is 0.857. The number of carbonyl (C=O) groups excluding carboxylic acids is 2. The predicted molar refractivity (Wildman–Crippen MR) is 75.5 cm³/mol. The van der Waals surface area contributed by atoms with E-state index in [9.17, 15) is 9.59 Å². The van der Waals surface area contributed by atoms with Crippen molar-refractivity contribution in [2.24, 2.45) is 5.73 Å². The van der Waals surface area contributed by atoms with E-state index in [0.29, 0.717) is 31.8 Å². The number of nitrogens with two attached hydrogens (primary N) is 1. The van der Waals surface area contributed by atoms with Gasteiger partial charge in [0.15, 0.2) is 0 Å². The average Bonchev–Trinajstić information content (AvgIpc) is 2.39. The molecule has 0 aliphatic heterocycles. The first kappa shape index (κ1) is 16.0. The fourth-order valence-electron chi connectivity index (χ4n) is 2.33. The quantitative estimate of drug-likeness (QED) is 0.646. The summed E-state index contributed by atoms with van der Waals surface area (Å²) in [6, 6.07) is 0.580. The first-order chi connectivity index (χ1) is 9.11. The lowest BCUT2D eigenvalue weighted by Gasteiger charge is -2.26. The average molecular weight is 269 g/mol. The van der Waals surface area contributed by atoms with Gasteiger partial charge in [-0.25, -0.2) is 0 Å². The molecule has 0 aromatic heterocycles. The SMILES string of the molecule is CCCNC(=O)CCCC(=O)NC1CCC(N)CC1. The van der Waals surface area contributed by atoms with Gasteiger partial charge in [0, 0.05) is 31.5 Å². The highest BCUT2D eigenvalue weighted by Gasteiger charge is 2.19. The smallest absolute Gasteiger partial charge is 0.220 e. The van der Waals surface area contributed by atoms with Gasteiger partial charge in [-0.3, -0.25) is 9.59 Å². The second-order valence-electron chi connectivity index (χ2n) is 5.38. The molecule has 0 aromatic carbocycles. The van der Waals surface area contributed by atoms with E-state index in [2.05, 4.69) is 10.6 Å². The molecule has 1 saturated carbocycles. The molecular weight excluding hydrogens is 242 g/mol. The van der Waals surface area contributed by atoms with Gasteiger partial charge in [-0.2, -0.15) is 0 Å². The molecule has 0 bridgehead atoms. The Morgan fingerprint density at radius 3 is 2.37 bits per heavy atom. The van der Waals surface area contributed by atoms with Gasteiger partial charge in [-0.1, -0.05) is 6.92 Å². The van der Waals surface area contributed by atoms with Crippen LogP contribution in [0.3, 0.4) is 0 Å². The summed E-state index contributed by atoms with van der Waals surface area (Å²) in [4.78, 5) is 23.1. The Hall–Kier alpha value is -1.10. The molecule has 1 rings (SSSR count). The molecule has 0 radical (unpaired) electrons. The minimum atomic E-state index is 0.0401. The first-order valence-corrected chi connectivity index (χ1v) is 7.43. The number of carbonyl (C=O) groups is 2. The molecule has 19 heavy (non-hydrogen) atoms. The molecule has 1 aliphatic carbocycles. The van der Waals surface area contributed by atoms with Crippen molar-refractivity contribution < 1.29 is 9.59 Å². The van der Waals surface area contributed by atoms with Crippen molar-refractivity contribution in [1.29, 1.82) is 0 Å². The molecule has 0 atom stereocenters. The van der Waals surface area contributed by atoms with Gasteiger partial charge in [0.1, 0.15) is 0 Å². The number of amides is 2. The molecule has 1 fully saturated rings. The van der Waals surface area contributed by atoms with Gasteiger partial charge in [0.25, 0.3) is 0 Å². The third-order valence-electron chi connectivity index (χ3n) is 3.52. The van der Waals surface area contributed by atoms with Gasteiger partial charge in [0.05, 0.1) is 0 Å². The van der Waals surface area contributed by atoms with Crippen LogP contribution < -0.4 is 16.4 Å². The Labute approximate surface area is 115 Å². The van der Waals surface area contributed by atoms with E-state index in [0.717, 1.165) is 32.1 Å². The third kappa shape index (κ3) is 7.15. The minimum Gasteiger partial charge on any atom is -0.356 e. The van der Waals surface area contributed by atoms with Crippen LogP contribution in [0.25, 0.3) is 0 Å². The molecule has 0 saturated heterocycles. The molecule has 2 amide bonds. The number of hydrogen-bond acceptors (Lipinski definition) is 3. The van der Waals surface area contributed by atoms with Crippen molar-refractivity contribution in [3.63, 3.8) is 0 Å². The normalized spacial score (nSPS) is 22.8. The molecule has 4 N–H and O–H groups in total. The summed E-state index contributed by atoms with van der Waals surface area (Å²) in [5, 5.41) is 5.84. The van der Waals surface area contributed by atoms with Gasteiger partial charge >= 0.3 is 0 Å². The van der Waals surface area contributed by atoms with Crippen LogP contribution in [0.4, 0.5) is 0 Å². The molecule has 110 valence electrons. The van der Waals surface area contributed by atoms with Gasteiger partial charge in [-0.15, -0.1) is 0 Å². The zero-order valence-electron chi connectivity index (χ0n) is 11.9. The molecule has 0 aromatic rings. The number of hydrogen-bond donors (Lipinski definition) is 3. The second-order valence-corrected chi connectivity index (χ2v) is 5.38. The topological polar surface area (TPSA) is 84.2 Å². The monoisotopic (exact) mass is 269 g/mol. The zero-order chi connectivity index (χ0) is 14.1. The van der Waals surface area contributed by atoms with E-state index in [1.807, 2.05) is 6.92 Å². The maximum atomic E-state index is 11.7. The zero-order valence-corrected chi connectivity index (χ0v) is 11.9. The number of rotatable bonds is 7. The standard InChI is InChI=1S/C14H27N3O2/c1-2-10-16-13(18)4-3-5-14(19)17-12-8-6-11(15)7-9-12/h11-12H,2-10,15H2,1H3,(H,16,18)(H,17,19). The van der Waals surface area contributed by atoms with Crippen LogP contribution in [0.15, 0.2) is 0 Å². The first-order valence-electron chi connectivity index (χ1n) is 7.43. The Balaban J connectivity index is 2.06. The van der Waals surface area contributed by atoms with Crippen LogP contribution in [0.2, 0.25) is 0 Å². The van der Waals surface area contributed by atoms with E-state index < -0.39 is 0 Å². The molecule has 5 nitrogen and oxygen atoms in total. The Bertz CT molecular complexity index is 286. The van der Waals surface area contributed by atoms with E-state index >= 15 is 0 Å². The van der Waals surface area contributed by atoms with Gasteiger partial charge in [-0.05, 0) is 38.5 Å². The Morgan fingerprint density at radius 2 is 1.74 bits per heavy atom.